The van der Waals surface area contributed by atoms with E-state index in [1.807, 2.05) is 13.8 Å². The van der Waals surface area contributed by atoms with E-state index in [9.17, 15) is 9.59 Å². The number of imide groups is 1. The second-order valence-corrected chi connectivity index (χ2v) is 5.03. The third-order valence-corrected chi connectivity index (χ3v) is 3.57. The molecule has 1 aliphatic heterocycles. The van der Waals surface area contributed by atoms with Crippen LogP contribution in [0.25, 0.3) is 0 Å². The van der Waals surface area contributed by atoms with Crippen molar-refractivity contribution in [3.8, 4) is 0 Å². The summed E-state index contributed by atoms with van der Waals surface area (Å²) in [5, 5.41) is 0. The zero-order chi connectivity index (χ0) is 14.3. The zero-order valence-corrected chi connectivity index (χ0v) is 12.3. The molecule has 1 saturated heterocycles. The minimum Gasteiger partial charge on any atom is -0.283 e. The van der Waals surface area contributed by atoms with Gasteiger partial charge in [0.15, 0.2) is 0 Å². The van der Waals surface area contributed by atoms with Gasteiger partial charge in [-0.25, -0.2) is 0 Å². The molecule has 2 amide bonds. The van der Waals surface area contributed by atoms with Gasteiger partial charge in [-0.3, -0.25) is 14.5 Å². The van der Waals surface area contributed by atoms with E-state index in [0.29, 0.717) is 13.0 Å². The van der Waals surface area contributed by atoms with E-state index in [-0.39, 0.29) is 23.7 Å². The Balaban J connectivity index is 2.44. The number of carbonyl (C=O) groups excluding carboxylic acids is 2. The maximum Gasteiger partial charge on any atom is 0.233 e. The molecule has 1 rings (SSSR count). The van der Waals surface area contributed by atoms with Crippen molar-refractivity contribution in [2.45, 2.75) is 46.5 Å². The Morgan fingerprint density at radius 2 is 1.89 bits per heavy atom. The summed E-state index contributed by atoms with van der Waals surface area (Å²) in [5.74, 6) is -0.0443. The van der Waals surface area contributed by atoms with Gasteiger partial charge in [0.1, 0.15) is 0 Å². The summed E-state index contributed by atoms with van der Waals surface area (Å²) in [7, 11) is 0. The van der Waals surface area contributed by atoms with Crippen molar-refractivity contribution < 1.29 is 9.59 Å². The average molecular weight is 263 g/mol. The maximum atomic E-state index is 12.0. The van der Waals surface area contributed by atoms with Crippen LogP contribution in [0.5, 0.6) is 0 Å². The van der Waals surface area contributed by atoms with E-state index in [4.69, 9.17) is 0 Å². The van der Waals surface area contributed by atoms with E-state index < -0.39 is 0 Å². The molecule has 0 aromatic carbocycles. The van der Waals surface area contributed by atoms with Gasteiger partial charge in [0, 0.05) is 13.0 Å². The van der Waals surface area contributed by atoms with Gasteiger partial charge in [0.05, 0.1) is 5.92 Å². The molecule has 2 atom stereocenters. The van der Waals surface area contributed by atoms with Crippen LogP contribution in [0.15, 0.2) is 24.3 Å². The molecular weight excluding hydrogens is 238 g/mol. The van der Waals surface area contributed by atoms with Gasteiger partial charge < -0.3 is 0 Å². The molecule has 1 fully saturated rings. The van der Waals surface area contributed by atoms with Crippen LogP contribution in [0.1, 0.15) is 46.5 Å². The normalized spacial score (nSPS) is 22.1. The van der Waals surface area contributed by atoms with Crippen molar-refractivity contribution in [3.05, 3.63) is 24.3 Å². The number of amides is 2. The van der Waals surface area contributed by atoms with Crippen molar-refractivity contribution in [1.29, 1.82) is 0 Å². The van der Waals surface area contributed by atoms with Crippen LogP contribution >= 0.6 is 0 Å². The summed E-state index contributed by atoms with van der Waals surface area (Å²) in [6.45, 7) is 6.48. The highest BCUT2D eigenvalue weighted by Gasteiger charge is 2.39. The lowest BCUT2D eigenvalue weighted by atomic mass is 9.92. The van der Waals surface area contributed by atoms with E-state index >= 15 is 0 Å². The number of allylic oxidation sites excluding steroid dienone is 4. The molecule has 0 N–H and O–H groups in total. The van der Waals surface area contributed by atoms with Gasteiger partial charge in [-0.05, 0) is 32.1 Å². The summed E-state index contributed by atoms with van der Waals surface area (Å²) < 4.78 is 0. The Kier molecular flexibility index (Phi) is 6.54. The number of rotatable bonds is 7. The number of nitrogens with zero attached hydrogens (tertiary/aromatic N) is 1. The first-order valence-electron chi connectivity index (χ1n) is 7.27. The van der Waals surface area contributed by atoms with Crippen LogP contribution in [-0.4, -0.2) is 23.3 Å². The molecule has 0 aliphatic carbocycles. The minimum absolute atomic E-state index is 0.00414. The second-order valence-electron chi connectivity index (χ2n) is 5.03. The summed E-state index contributed by atoms with van der Waals surface area (Å²) >= 11 is 0. The zero-order valence-electron chi connectivity index (χ0n) is 12.3. The van der Waals surface area contributed by atoms with E-state index in [0.717, 1.165) is 19.3 Å². The lowest BCUT2D eigenvalue weighted by Crippen LogP contribution is -2.31. The fraction of sp³-hybridized carbons (Fsp3) is 0.625. The van der Waals surface area contributed by atoms with Crippen LogP contribution in [0.3, 0.4) is 0 Å². The standard InChI is InChI=1S/C16H25NO2/c1-4-6-7-8-9-10-11-13(3)14-12-15(18)17(5-2)16(14)19/h6-7,10-11,13-14H,4-5,8-9,12H2,1-3H3. The summed E-state index contributed by atoms with van der Waals surface area (Å²) in [4.78, 5) is 25.0. The van der Waals surface area contributed by atoms with Crippen LogP contribution in [-0.2, 0) is 9.59 Å². The molecule has 1 heterocycles. The Bertz CT molecular complexity index is 371. The first kappa shape index (κ1) is 15.7. The first-order valence-corrected chi connectivity index (χ1v) is 7.27. The third kappa shape index (κ3) is 4.34. The largest absolute Gasteiger partial charge is 0.283 e. The third-order valence-electron chi connectivity index (χ3n) is 3.57. The molecule has 3 nitrogen and oxygen atoms in total. The highest BCUT2D eigenvalue weighted by Crippen LogP contribution is 2.27. The summed E-state index contributed by atoms with van der Waals surface area (Å²) in [6, 6.07) is 0. The Hall–Kier alpha value is -1.38. The van der Waals surface area contributed by atoms with E-state index in [1.165, 1.54) is 4.90 Å². The number of carbonyl (C=O) groups is 2. The molecule has 0 saturated carbocycles. The fourth-order valence-electron chi connectivity index (χ4n) is 2.37. The van der Waals surface area contributed by atoms with Gasteiger partial charge in [-0.2, -0.15) is 0 Å². The molecule has 3 heteroatoms. The maximum absolute atomic E-state index is 12.0. The summed E-state index contributed by atoms with van der Waals surface area (Å²) in [5.41, 5.74) is 0. The van der Waals surface area contributed by atoms with Crippen LogP contribution in [0, 0.1) is 11.8 Å². The van der Waals surface area contributed by atoms with Crippen LogP contribution < -0.4 is 0 Å². The molecule has 0 aromatic heterocycles. The highest BCUT2D eigenvalue weighted by molar-refractivity contribution is 6.03. The van der Waals surface area contributed by atoms with Gasteiger partial charge in [0.25, 0.3) is 0 Å². The van der Waals surface area contributed by atoms with Gasteiger partial charge >= 0.3 is 0 Å². The first-order chi connectivity index (χ1) is 9.11. The van der Waals surface area contributed by atoms with Crippen molar-refractivity contribution in [2.75, 3.05) is 6.54 Å². The van der Waals surface area contributed by atoms with Crippen LogP contribution in [0.2, 0.25) is 0 Å². The fourth-order valence-corrected chi connectivity index (χ4v) is 2.37. The summed E-state index contributed by atoms with van der Waals surface area (Å²) in [6.07, 6.45) is 12.0. The molecule has 106 valence electrons. The lowest BCUT2D eigenvalue weighted by molar-refractivity contribution is -0.139. The van der Waals surface area contributed by atoms with Crippen molar-refractivity contribution >= 4 is 11.8 Å². The Morgan fingerprint density at radius 3 is 2.47 bits per heavy atom. The van der Waals surface area contributed by atoms with Gasteiger partial charge in [-0.1, -0.05) is 38.2 Å². The number of hydrogen-bond donors (Lipinski definition) is 0. The average Bonchev–Trinajstić information content (AvgIpc) is 2.68. The predicted molar refractivity (Wildman–Crippen MR) is 77.5 cm³/mol. The minimum atomic E-state index is -0.158. The molecule has 19 heavy (non-hydrogen) atoms. The van der Waals surface area contributed by atoms with Gasteiger partial charge in [0.2, 0.25) is 11.8 Å². The predicted octanol–water partition coefficient (Wildman–Crippen LogP) is 3.32. The van der Waals surface area contributed by atoms with Gasteiger partial charge in [-0.15, -0.1) is 0 Å². The topological polar surface area (TPSA) is 37.4 Å². The number of likely N-dealkylation sites (tertiary alicyclic amines) is 1. The molecule has 0 bridgehead atoms. The highest BCUT2D eigenvalue weighted by atomic mass is 16.2. The Morgan fingerprint density at radius 1 is 1.21 bits per heavy atom. The molecule has 0 aromatic rings. The molecule has 0 radical (unpaired) electrons. The number of hydrogen-bond acceptors (Lipinski definition) is 2. The number of unbranched alkanes of at least 4 members (excludes halogenated alkanes) is 1. The molecular formula is C16H25NO2. The molecule has 0 spiro atoms. The van der Waals surface area contributed by atoms with Crippen molar-refractivity contribution in [1.82, 2.24) is 4.90 Å². The molecule has 1 aliphatic rings. The van der Waals surface area contributed by atoms with Crippen molar-refractivity contribution in [2.24, 2.45) is 11.8 Å². The van der Waals surface area contributed by atoms with Crippen molar-refractivity contribution in [3.63, 3.8) is 0 Å². The van der Waals surface area contributed by atoms with E-state index in [2.05, 4.69) is 31.2 Å². The molecule has 2 unspecified atom stereocenters. The lowest BCUT2D eigenvalue weighted by Gasteiger charge is -2.14. The quantitative estimate of drug-likeness (QED) is 0.401. The Labute approximate surface area is 116 Å². The SMILES string of the molecule is CCC=CCCC=CC(C)C1CC(=O)N(CC)C1=O. The van der Waals surface area contributed by atoms with Crippen LogP contribution in [0.4, 0.5) is 0 Å². The monoisotopic (exact) mass is 263 g/mol. The van der Waals surface area contributed by atoms with E-state index in [1.54, 1.807) is 0 Å². The second kappa shape index (κ2) is 7.93. The smallest absolute Gasteiger partial charge is 0.233 e.